The van der Waals surface area contributed by atoms with E-state index in [1.54, 1.807) is 24.3 Å². The summed E-state index contributed by atoms with van der Waals surface area (Å²) in [4.78, 5) is 0.559. The van der Waals surface area contributed by atoms with Crippen molar-refractivity contribution in [2.24, 2.45) is 0 Å². The highest BCUT2D eigenvalue weighted by Crippen LogP contribution is 2.45. The fourth-order valence-electron chi connectivity index (χ4n) is 3.79. The van der Waals surface area contributed by atoms with Crippen LogP contribution in [0.3, 0.4) is 0 Å². The van der Waals surface area contributed by atoms with Crippen LogP contribution < -0.4 is 0 Å². The van der Waals surface area contributed by atoms with Gasteiger partial charge in [-0.2, -0.15) is 0 Å². The van der Waals surface area contributed by atoms with Crippen LogP contribution in [0.1, 0.15) is 29.2 Å². The Kier molecular flexibility index (Phi) is 6.68. The van der Waals surface area contributed by atoms with Crippen molar-refractivity contribution in [2.45, 2.75) is 30.4 Å². The first-order valence-electron chi connectivity index (χ1n) is 9.97. The van der Waals surface area contributed by atoms with Crippen molar-refractivity contribution in [1.29, 1.82) is 0 Å². The zero-order valence-electron chi connectivity index (χ0n) is 17.0. The molecule has 1 aliphatic rings. The Morgan fingerprint density at radius 3 is 2.23 bits per heavy atom. The van der Waals surface area contributed by atoms with Gasteiger partial charge in [0.1, 0.15) is 6.10 Å². The van der Waals surface area contributed by atoms with Crippen molar-refractivity contribution in [3.8, 4) is 0 Å². The van der Waals surface area contributed by atoms with E-state index in [9.17, 15) is 8.42 Å². The molecule has 0 aliphatic carbocycles. The van der Waals surface area contributed by atoms with Gasteiger partial charge < -0.3 is 4.74 Å². The molecule has 0 amide bonds. The molecule has 1 heterocycles. The number of aryl methyl sites for hydroxylation is 1. The molecule has 0 N–H and O–H groups in total. The van der Waals surface area contributed by atoms with Crippen molar-refractivity contribution in [3.05, 3.63) is 105 Å². The molecular formula is C25H22BrClO3S. The fourth-order valence-corrected chi connectivity index (χ4v) is 6.05. The van der Waals surface area contributed by atoms with Crippen molar-refractivity contribution in [2.75, 3.05) is 5.33 Å². The number of hydrogen-bond acceptors (Lipinski definition) is 3. The summed E-state index contributed by atoms with van der Waals surface area (Å²) in [6.45, 7) is 1.94. The minimum Gasteiger partial charge on any atom is -0.364 e. The van der Waals surface area contributed by atoms with Crippen LogP contribution in [0.2, 0.25) is 5.02 Å². The van der Waals surface area contributed by atoms with Gasteiger partial charge >= 0.3 is 0 Å². The SMILES string of the molecule is Cc1ccc(S(=O)(=O)C2=C(c3ccccc3)C[C@@H](CBr)O[C@@H]2c2ccc(Cl)cc2)cc1. The summed E-state index contributed by atoms with van der Waals surface area (Å²) in [6, 6.07) is 23.8. The number of halogens is 2. The van der Waals surface area contributed by atoms with Gasteiger partial charge in [-0.15, -0.1) is 0 Å². The molecule has 0 unspecified atom stereocenters. The maximum Gasteiger partial charge on any atom is 0.206 e. The number of benzene rings is 3. The van der Waals surface area contributed by atoms with Crippen LogP contribution in [0, 0.1) is 6.92 Å². The number of rotatable bonds is 5. The lowest BCUT2D eigenvalue weighted by Gasteiger charge is -2.34. The summed E-state index contributed by atoms with van der Waals surface area (Å²) in [5, 5.41) is 1.19. The summed E-state index contributed by atoms with van der Waals surface area (Å²) in [5.41, 5.74) is 3.44. The molecule has 3 nitrogen and oxygen atoms in total. The van der Waals surface area contributed by atoms with Crippen LogP contribution in [-0.2, 0) is 14.6 Å². The number of alkyl halides is 1. The average molecular weight is 518 g/mol. The zero-order chi connectivity index (χ0) is 22.0. The third kappa shape index (κ3) is 4.65. The van der Waals surface area contributed by atoms with Gasteiger partial charge in [-0.1, -0.05) is 87.7 Å². The second-order valence-corrected chi connectivity index (χ2v) is 10.6. The summed E-state index contributed by atoms with van der Waals surface area (Å²) >= 11 is 9.62. The molecule has 6 heteroatoms. The summed E-state index contributed by atoms with van der Waals surface area (Å²) in [7, 11) is -3.81. The minimum atomic E-state index is -3.81. The molecular weight excluding hydrogens is 496 g/mol. The molecule has 0 radical (unpaired) electrons. The molecule has 3 aromatic carbocycles. The van der Waals surface area contributed by atoms with Crippen molar-refractivity contribution >= 4 is 42.9 Å². The van der Waals surface area contributed by atoms with E-state index in [1.807, 2.05) is 61.5 Å². The fraction of sp³-hybridized carbons (Fsp3) is 0.200. The van der Waals surface area contributed by atoms with E-state index >= 15 is 0 Å². The first kappa shape index (κ1) is 22.3. The Labute approximate surface area is 196 Å². The van der Waals surface area contributed by atoms with E-state index < -0.39 is 15.9 Å². The topological polar surface area (TPSA) is 43.4 Å². The molecule has 0 aromatic heterocycles. The first-order chi connectivity index (χ1) is 14.9. The Morgan fingerprint density at radius 2 is 1.61 bits per heavy atom. The average Bonchev–Trinajstić information content (AvgIpc) is 2.79. The van der Waals surface area contributed by atoms with E-state index in [4.69, 9.17) is 16.3 Å². The molecule has 0 saturated carbocycles. The van der Waals surface area contributed by atoms with E-state index in [0.29, 0.717) is 21.7 Å². The van der Waals surface area contributed by atoms with Gasteiger partial charge in [0.2, 0.25) is 9.84 Å². The van der Waals surface area contributed by atoms with Crippen LogP contribution in [0.25, 0.3) is 5.57 Å². The van der Waals surface area contributed by atoms with Gasteiger partial charge in [0.15, 0.2) is 0 Å². The van der Waals surface area contributed by atoms with Crippen LogP contribution in [0.15, 0.2) is 88.7 Å². The van der Waals surface area contributed by atoms with Gasteiger partial charge in [0.05, 0.1) is 15.9 Å². The first-order valence-corrected chi connectivity index (χ1v) is 13.0. The van der Waals surface area contributed by atoms with E-state index in [0.717, 1.165) is 22.3 Å². The minimum absolute atomic E-state index is 0.159. The lowest BCUT2D eigenvalue weighted by molar-refractivity contribution is 0.0197. The van der Waals surface area contributed by atoms with Gasteiger partial charge in [0.25, 0.3) is 0 Å². The second kappa shape index (κ2) is 9.29. The van der Waals surface area contributed by atoms with Crippen LogP contribution in [-0.4, -0.2) is 19.9 Å². The predicted octanol–water partition coefficient (Wildman–Crippen LogP) is 6.76. The third-order valence-corrected chi connectivity index (χ3v) is 8.29. The van der Waals surface area contributed by atoms with E-state index in [-0.39, 0.29) is 11.0 Å². The van der Waals surface area contributed by atoms with Gasteiger partial charge in [-0.25, -0.2) is 8.42 Å². The molecule has 160 valence electrons. The molecule has 2 atom stereocenters. The zero-order valence-corrected chi connectivity index (χ0v) is 20.1. The molecule has 0 saturated heterocycles. The van der Waals surface area contributed by atoms with E-state index in [1.165, 1.54) is 0 Å². The monoisotopic (exact) mass is 516 g/mol. The molecule has 4 rings (SSSR count). The van der Waals surface area contributed by atoms with Crippen molar-refractivity contribution in [3.63, 3.8) is 0 Å². The van der Waals surface area contributed by atoms with Gasteiger partial charge in [0, 0.05) is 16.8 Å². The highest BCUT2D eigenvalue weighted by atomic mass is 79.9. The molecule has 1 aliphatic heterocycles. The van der Waals surface area contributed by atoms with Crippen molar-refractivity contribution < 1.29 is 13.2 Å². The summed E-state index contributed by atoms with van der Waals surface area (Å²) in [5.74, 6) is 0. The quantitative estimate of drug-likeness (QED) is 0.351. The predicted molar refractivity (Wildman–Crippen MR) is 129 cm³/mol. The maximum atomic E-state index is 14.0. The maximum absolute atomic E-state index is 14.0. The van der Waals surface area contributed by atoms with Crippen molar-refractivity contribution in [1.82, 2.24) is 0 Å². The highest BCUT2D eigenvalue weighted by molar-refractivity contribution is 9.09. The normalized spacial score (nSPS) is 19.5. The van der Waals surface area contributed by atoms with Crippen LogP contribution in [0.5, 0.6) is 0 Å². The molecule has 0 fully saturated rings. The van der Waals surface area contributed by atoms with Crippen LogP contribution in [0.4, 0.5) is 0 Å². The van der Waals surface area contributed by atoms with Gasteiger partial charge in [-0.3, -0.25) is 0 Å². The molecule has 3 aromatic rings. The van der Waals surface area contributed by atoms with E-state index in [2.05, 4.69) is 15.9 Å². The summed E-state index contributed by atoms with van der Waals surface area (Å²) < 4.78 is 34.2. The Balaban J connectivity index is 1.98. The highest BCUT2D eigenvalue weighted by Gasteiger charge is 2.39. The van der Waals surface area contributed by atoms with Gasteiger partial charge in [-0.05, 0) is 47.9 Å². The van der Waals surface area contributed by atoms with Crippen LogP contribution >= 0.6 is 27.5 Å². The lowest BCUT2D eigenvalue weighted by atomic mass is 9.93. The Morgan fingerprint density at radius 1 is 0.968 bits per heavy atom. The Hall–Kier alpha value is -1.92. The molecule has 0 bridgehead atoms. The Bertz CT molecular complexity index is 1190. The number of sulfone groups is 1. The smallest absolute Gasteiger partial charge is 0.206 e. The number of hydrogen-bond donors (Lipinski definition) is 0. The molecule has 0 spiro atoms. The standard InChI is InChI=1S/C25H22BrClO3S/c1-17-7-13-22(14-8-17)31(28,29)25-23(18-5-3-2-4-6-18)15-21(16-26)30-24(25)19-9-11-20(27)12-10-19/h2-14,21,24H,15-16H2,1H3/t21-,24+/m0/s1. The molecule has 31 heavy (non-hydrogen) atoms. The lowest BCUT2D eigenvalue weighted by Crippen LogP contribution is -2.29. The summed E-state index contributed by atoms with van der Waals surface area (Å²) in [6.07, 6.45) is -0.386. The second-order valence-electron chi connectivity index (χ2n) is 7.57. The number of ether oxygens (including phenoxy) is 1. The third-order valence-electron chi connectivity index (χ3n) is 5.38. The largest absolute Gasteiger partial charge is 0.364 e.